The Morgan fingerprint density at radius 1 is 1.26 bits per heavy atom. The Hall–Kier alpha value is -2.00. The molecule has 0 aliphatic rings. The first-order valence-electron chi connectivity index (χ1n) is 6.13. The highest BCUT2D eigenvalue weighted by molar-refractivity contribution is 6.33. The van der Waals surface area contributed by atoms with Gasteiger partial charge in [0.05, 0.1) is 10.6 Å². The monoisotopic (exact) mass is 272 g/mol. The van der Waals surface area contributed by atoms with Crippen molar-refractivity contribution in [2.45, 2.75) is 13.3 Å². The average Bonchev–Trinajstić information content (AvgIpc) is 2.81. The molecule has 0 saturated carbocycles. The summed E-state index contributed by atoms with van der Waals surface area (Å²) in [4.78, 5) is 4.48. The molecule has 0 spiro atoms. The highest BCUT2D eigenvalue weighted by Crippen LogP contribution is 2.32. The standard InChI is InChI=1S/C15H13ClN2O/c1-2-9-7-10(17)8-13-14(9)19-15(18-13)11-5-3-4-6-12(11)16/h3-8H,2,17H2,1H3. The van der Waals surface area contributed by atoms with E-state index < -0.39 is 0 Å². The molecule has 0 unspecified atom stereocenters. The van der Waals surface area contributed by atoms with Crippen LogP contribution in [-0.2, 0) is 6.42 Å². The van der Waals surface area contributed by atoms with Crippen molar-refractivity contribution in [2.75, 3.05) is 5.73 Å². The molecular weight excluding hydrogens is 260 g/mol. The summed E-state index contributed by atoms with van der Waals surface area (Å²) in [6.45, 7) is 2.06. The summed E-state index contributed by atoms with van der Waals surface area (Å²) in [5.41, 5.74) is 9.97. The zero-order chi connectivity index (χ0) is 13.4. The fourth-order valence-electron chi connectivity index (χ4n) is 2.14. The Balaban J connectivity index is 2.25. The summed E-state index contributed by atoms with van der Waals surface area (Å²) in [5.74, 6) is 0.529. The fraction of sp³-hybridized carbons (Fsp3) is 0.133. The van der Waals surface area contributed by atoms with Crippen molar-refractivity contribution in [3.63, 3.8) is 0 Å². The van der Waals surface area contributed by atoms with Crippen LogP contribution in [-0.4, -0.2) is 4.98 Å². The number of hydrogen-bond acceptors (Lipinski definition) is 3. The summed E-state index contributed by atoms with van der Waals surface area (Å²) < 4.78 is 5.86. The maximum absolute atomic E-state index is 6.17. The first-order valence-corrected chi connectivity index (χ1v) is 6.50. The molecule has 3 rings (SSSR count). The van der Waals surface area contributed by atoms with Crippen LogP contribution >= 0.6 is 11.6 Å². The number of benzene rings is 2. The van der Waals surface area contributed by atoms with E-state index in [0.717, 1.165) is 28.6 Å². The van der Waals surface area contributed by atoms with Crippen molar-refractivity contribution < 1.29 is 4.42 Å². The van der Waals surface area contributed by atoms with Crippen molar-refractivity contribution in [1.82, 2.24) is 4.98 Å². The van der Waals surface area contributed by atoms with Crippen LogP contribution in [0.3, 0.4) is 0 Å². The Bertz CT molecular complexity index is 749. The van der Waals surface area contributed by atoms with E-state index in [0.29, 0.717) is 16.6 Å². The van der Waals surface area contributed by atoms with Gasteiger partial charge >= 0.3 is 0 Å². The van der Waals surface area contributed by atoms with Crippen LogP contribution in [0.1, 0.15) is 12.5 Å². The minimum absolute atomic E-state index is 0.529. The second-order valence-corrected chi connectivity index (χ2v) is 4.79. The van der Waals surface area contributed by atoms with Gasteiger partial charge in [-0.3, -0.25) is 0 Å². The molecule has 19 heavy (non-hydrogen) atoms. The third-order valence-corrected chi connectivity index (χ3v) is 3.40. The lowest BCUT2D eigenvalue weighted by Gasteiger charge is -1.99. The molecule has 1 heterocycles. The molecule has 1 aromatic heterocycles. The SMILES string of the molecule is CCc1cc(N)cc2nc(-c3ccccc3Cl)oc12. The summed E-state index contributed by atoms with van der Waals surface area (Å²) in [6, 6.07) is 11.2. The van der Waals surface area contributed by atoms with E-state index in [9.17, 15) is 0 Å². The number of aromatic nitrogens is 1. The second kappa shape index (κ2) is 4.59. The van der Waals surface area contributed by atoms with E-state index in [1.54, 1.807) is 0 Å². The molecule has 0 aliphatic carbocycles. The van der Waals surface area contributed by atoms with Crippen LogP contribution in [0.2, 0.25) is 5.02 Å². The van der Waals surface area contributed by atoms with Gasteiger partial charge in [-0.2, -0.15) is 0 Å². The number of nitrogens with zero attached hydrogens (tertiary/aromatic N) is 1. The van der Waals surface area contributed by atoms with Crippen molar-refractivity contribution in [1.29, 1.82) is 0 Å². The van der Waals surface area contributed by atoms with Gasteiger partial charge in [-0.1, -0.05) is 30.7 Å². The molecule has 96 valence electrons. The van der Waals surface area contributed by atoms with Crippen molar-refractivity contribution in [2.24, 2.45) is 0 Å². The van der Waals surface area contributed by atoms with Crippen LogP contribution in [0.15, 0.2) is 40.8 Å². The Labute approximate surface area is 116 Å². The highest BCUT2D eigenvalue weighted by atomic mass is 35.5. The fourth-order valence-corrected chi connectivity index (χ4v) is 2.36. The summed E-state index contributed by atoms with van der Waals surface area (Å²) in [7, 11) is 0. The number of oxazole rings is 1. The Morgan fingerprint density at radius 3 is 2.79 bits per heavy atom. The molecular formula is C15H13ClN2O. The minimum atomic E-state index is 0.529. The summed E-state index contributed by atoms with van der Waals surface area (Å²) in [6.07, 6.45) is 0.846. The van der Waals surface area contributed by atoms with Crippen LogP contribution in [0.25, 0.3) is 22.6 Å². The third kappa shape index (κ3) is 2.06. The predicted molar refractivity (Wildman–Crippen MR) is 78.2 cm³/mol. The number of anilines is 1. The van der Waals surface area contributed by atoms with Crippen molar-refractivity contribution in [3.8, 4) is 11.5 Å². The van der Waals surface area contributed by atoms with Crippen LogP contribution in [0.5, 0.6) is 0 Å². The van der Waals surface area contributed by atoms with E-state index in [2.05, 4.69) is 11.9 Å². The molecule has 0 aliphatic heterocycles. The van der Waals surface area contributed by atoms with Gasteiger partial charge < -0.3 is 10.2 Å². The van der Waals surface area contributed by atoms with Gasteiger partial charge in [-0.25, -0.2) is 4.98 Å². The predicted octanol–water partition coefficient (Wildman–Crippen LogP) is 4.29. The minimum Gasteiger partial charge on any atom is -0.436 e. The summed E-state index contributed by atoms with van der Waals surface area (Å²) in [5, 5.41) is 0.625. The summed E-state index contributed by atoms with van der Waals surface area (Å²) >= 11 is 6.17. The largest absolute Gasteiger partial charge is 0.436 e. The van der Waals surface area contributed by atoms with Gasteiger partial charge in [-0.15, -0.1) is 0 Å². The number of nitrogens with two attached hydrogens (primary N) is 1. The number of aryl methyl sites for hydroxylation is 1. The number of nitrogen functional groups attached to an aromatic ring is 1. The van der Waals surface area contributed by atoms with Gasteiger partial charge in [0, 0.05) is 5.69 Å². The number of rotatable bonds is 2. The maximum atomic E-state index is 6.17. The van der Waals surface area contributed by atoms with Crippen LogP contribution in [0, 0.1) is 0 Å². The third-order valence-electron chi connectivity index (χ3n) is 3.07. The van der Waals surface area contributed by atoms with E-state index in [-0.39, 0.29) is 0 Å². The van der Waals surface area contributed by atoms with Crippen LogP contribution < -0.4 is 5.73 Å². The lowest BCUT2D eigenvalue weighted by atomic mass is 10.1. The first-order chi connectivity index (χ1) is 9.19. The second-order valence-electron chi connectivity index (χ2n) is 4.38. The van der Waals surface area contributed by atoms with E-state index in [1.165, 1.54) is 0 Å². The van der Waals surface area contributed by atoms with Crippen LogP contribution in [0.4, 0.5) is 5.69 Å². The molecule has 3 nitrogen and oxygen atoms in total. The average molecular weight is 273 g/mol. The quantitative estimate of drug-likeness (QED) is 0.708. The zero-order valence-corrected chi connectivity index (χ0v) is 11.2. The van der Waals surface area contributed by atoms with Gasteiger partial charge in [0.15, 0.2) is 5.58 Å². The molecule has 0 fully saturated rings. The normalized spacial score (nSPS) is 11.1. The molecule has 2 aromatic carbocycles. The number of fused-ring (bicyclic) bond motifs is 1. The van der Waals surface area contributed by atoms with Crippen molar-refractivity contribution in [3.05, 3.63) is 47.0 Å². The molecule has 3 aromatic rings. The lowest BCUT2D eigenvalue weighted by Crippen LogP contribution is -1.88. The van der Waals surface area contributed by atoms with Gasteiger partial charge in [-0.05, 0) is 36.2 Å². The van der Waals surface area contributed by atoms with E-state index >= 15 is 0 Å². The molecule has 2 N–H and O–H groups in total. The zero-order valence-electron chi connectivity index (χ0n) is 10.5. The first kappa shape index (κ1) is 12.1. The molecule has 0 radical (unpaired) electrons. The van der Waals surface area contributed by atoms with Gasteiger partial charge in [0.2, 0.25) is 5.89 Å². The number of halogens is 1. The molecule has 0 bridgehead atoms. The Kier molecular flexibility index (Phi) is 2.91. The highest BCUT2D eigenvalue weighted by Gasteiger charge is 2.13. The van der Waals surface area contributed by atoms with E-state index in [4.69, 9.17) is 21.8 Å². The van der Waals surface area contributed by atoms with Gasteiger partial charge in [0.1, 0.15) is 5.52 Å². The molecule has 0 saturated heterocycles. The maximum Gasteiger partial charge on any atom is 0.228 e. The van der Waals surface area contributed by atoms with E-state index in [1.807, 2.05) is 36.4 Å². The number of hydrogen-bond donors (Lipinski definition) is 1. The molecule has 0 amide bonds. The lowest BCUT2D eigenvalue weighted by molar-refractivity contribution is 0.616. The topological polar surface area (TPSA) is 52.0 Å². The molecule has 4 heteroatoms. The molecule has 0 atom stereocenters. The van der Waals surface area contributed by atoms with Gasteiger partial charge in [0.25, 0.3) is 0 Å². The smallest absolute Gasteiger partial charge is 0.228 e. The van der Waals surface area contributed by atoms with Crippen molar-refractivity contribution >= 4 is 28.4 Å². The Morgan fingerprint density at radius 2 is 2.05 bits per heavy atom.